The predicted octanol–water partition coefficient (Wildman–Crippen LogP) is 0.933. The van der Waals surface area contributed by atoms with Crippen LogP contribution in [0.2, 0.25) is 0 Å². The Kier molecular flexibility index (Phi) is 8.59. The van der Waals surface area contributed by atoms with E-state index in [1.54, 1.807) is 6.08 Å². The molecule has 0 aromatic rings. The molecule has 0 aromatic carbocycles. The molecule has 0 unspecified atom stereocenters. The van der Waals surface area contributed by atoms with Gasteiger partial charge in [0.1, 0.15) is 0 Å². The van der Waals surface area contributed by atoms with Crippen molar-refractivity contribution in [2.75, 3.05) is 26.4 Å². The van der Waals surface area contributed by atoms with Gasteiger partial charge >= 0.3 is 0 Å². The van der Waals surface area contributed by atoms with Gasteiger partial charge in [0.25, 0.3) is 0 Å². The molecule has 0 saturated heterocycles. The van der Waals surface area contributed by atoms with Crippen LogP contribution in [0.4, 0.5) is 0 Å². The number of aliphatic hydroxyl groups excluding tert-OH is 1. The standard InChI is InChI=1S/C8H15NO2S/c1-3-8(2)12-9-4-6-11-7-5-10/h3,9-10H,1-2,4-7H2. The van der Waals surface area contributed by atoms with Crippen molar-refractivity contribution in [2.45, 2.75) is 0 Å². The molecule has 0 spiro atoms. The minimum atomic E-state index is 0.0759. The normalized spacial score (nSPS) is 9.75. The predicted molar refractivity (Wildman–Crippen MR) is 52.8 cm³/mol. The maximum absolute atomic E-state index is 8.37. The van der Waals surface area contributed by atoms with Gasteiger partial charge in [0, 0.05) is 11.4 Å². The van der Waals surface area contributed by atoms with E-state index in [-0.39, 0.29) is 6.61 Å². The fourth-order valence-corrected chi connectivity index (χ4v) is 0.920. The third-order valence-corrected chi connectivity index (χ3v) is 1.79. The van der Waals surface area contributed by atoms with Crippen molar-refractivity contribution in [2.24, 2.45) is 0 Å². The summed E-state index contributed by atoms with van der Waals surface area (Å²) in [6, 6.07) is 0. The average molecular weight is 189 g/mol. The Balaban J connectivity index is 3.00. The second kappa shape index (κ2) is 8.80. The van der Waals surface area contributed by atoms with Crippen molar-refractivity contribution in [3.8, 4) is 0 Å². The van der Waals surface area contributed by atoms with Gasteiger partial charge in [0.2, 0.25) is 0 Å². The number of allylic oxidation sites excluding steroid dienone is 1. The Bertz CT molecular complexity index is 139. The smallest absolute Gasteiger partial charge is 0.0698 e. The molecule has 0 heterocycles. The number of ether oxygens (including phenoxy) is 1. The van der Waals surface area contributed by atoms with Gasteiger partial charge in [0.05, 0.1) is 19.8 Å². The molecule has 0 aromatic heterocycles. The van der Waals surface area contributed by atoms with E-state index in [2.05, 4.69) is 17.9 Å². The number of hydrogen-bond acceptors (Lipinski definition) is 4. The SMILES string of the molecule is C=CC(=C)SNCCOCCO. The molecule has 0 bridgehead atoms. The topological polar surface area (TPSA) is 41.5 Å². The molecule has 70 valence electrons. The number of rotatable bonds is 8. The fourth-order valence-electron chi connectivity index (χ4n) is 0.466. The van der Waals surface area contributed by atoms with Gasteiger partial charge in [-0.25, -0.2) is 0 Å². The zero-order chi connectivity index (χ0) is 9.23. The van der Waals surface area contributed by atoms with Crippen LogP contribution in [0.15, 0.2) is 24.1 Å². The Morgan fingerprint density at radius 1 is 1.58 bits per heavy atom. The monoisotopic (exact) mass is 189 g/mol. The second-order valence-corrected chi connectivity index (χ2v) is 3.02. The summed E-state index contributed by atoms with van der Waals surface area (Å²) in [4.78, 5) is 0.886. The molecule has 0 amide bonds. The largest absolute Gasteiger partial charge is 0.394 e. The lowest BCUT2D eigenvalue weighted by atomic mass is 10.6. The quantitative estimate of drug-likeness (QED) is 0.339. The summed E-state index contributed by atoms with van der Waals surface area (Å²) in [7, 11) is 0. The van der Waals surface area contributed by atoms with Crippen molar-refractivity contribution in [3.05, 3.63) is 24.1 Å². The van der Waals surface area contributed by atoms with Gasteiger partial charge < -0.3 is 9.84 Å². The zero-order valence-corrected chi connectivity index (χ0v) is 7.90. The summed E-state index contributed by atoms with van der Waals surface area (Å²) in [6.07, 6.45) is 1.69. The van der Waals surface area contributed by atoms with Crippen molar-refractivity contribution >= 4 is 11.9 Å². The molecule has 12 heavy (non-hydrogen) atoms. The molecule has 0 aliphatic carbocycles. The van der Waals surface area contributed by atoms with Crippen molar-refractivity contribution in [1.29, 1.82) is 0 Å². The minimum absolute atomic E-state index is 0.0759. The summed E-state index contributed by atoms with van der Waals surface area (Å²) in [5.74, 6) is 0. The summed E-state index contributed by atoms with van der Waals surface area (Å²) in [6.45, 7) is 9.08. The third kappa shape index (κ3) is 7.81. The Morgan fingerprint density at radius 2 is 2.33 bits per heavy atom. The van der Waals surface area contributed by atoms with Crippen LogP contribution < -0.4 is 4.72 Å². The van der Waals surface area contributed by atoms with E-state index in [1.165, 1.54) is 11.9 Å². The molecule has 2 N–H and O–H groups in total. The molecule has 4 heteroatoms. The molecule has 0 aliphatic heterocycles. The molecule has 3 nitrogen and oxygen atoms in total. The van der Waals surface area contributed by atoms with E-state index in [9.17, 15) is 0 Å². The maximum atomic E-state index is 8.37. The second-order valence-electron chi connectivity index (χ2n) is 2.00. The van der Waals surface area contributed by atoms with E-state index >= 15 is 0 Å². The van der Waals surface area contributed by atoms with Gasteiger partial charge in [-0.1, -0.05) is 19.2 Å². The van der Waals surface area contributed by atoms with Crippen LogP contribution in [0.3, 0.4) is 0 Å². The first-order valence-corrected chi connectivity index (χ1v) is 4.52. The third-order valence-electron chi connectivity index (χ3n) is 1.02. The zero-order valence-electron chi connectivity index (χ0n) is 7.08. The first-order valence-electron chi connectivity index (χ1n) is 3.71. The highest BCUT2D eigenvalue weighted by Gasteiger charge is 1.89. The minimum Gasteiger partial charge on any atom is -0.394 e. The molecule has 0 aliphatic rings. The highest BCUT2D eigenvalue weighted by molar-refractivity contribution is 8.01. The van der Waals surface area contributed by atoms with Crippen LogP contribution in [0.1, 0.15) is 0 Å². The molecule has 0 radical (unpaired) electrons. The molecule has 0 fully saturated rings. The van der Waals surface area contributed by atoms with Crippen LogP contribution in [0.5, 0.6) is 0 Å². The molecule has 0 atom stereocenters. The number of hydrogen-bond donors (Lipinski definition) is 2. The van der Waals surface area contributed by atoms with E-state index < -0.39 is 0 Å². The molecule has 0 saturated carbocycles. The highest BCUT2D eigenvalue weighted by atomic mass is 32.2. The molecule has 0 rings (SSSR count). The van der Waals surface area contributed by atoms with E-state index in [0.29, 0.717) is 13.2 Å². The van der Waals surface area contributed by atoms with Gasteiger partial charge in [-0.3, -0.25) is 4.72 Å². The lowest BCUT2D eigenvalue weighted by Gasteiger charge is -2.03. The average Bonchev–Trinajstić information content (AvgIpc) is 2.10. The molecular weight excluding hydrogens is 174 g/mol. The van der Waals surface area contributed by atoms with Gasteiger partial charge in [-0.15, -0.1) is 0 Å². The van der Waals surface area contributed by atoms with Crippen LogP contribution >= 0.6 is 11.9 Å². The maximum Gasteiger partial charge on any atom is 0.0698 e. The van der Waals surface area contributed by atoms with Crippen molar-refractivity contribution < 1.29 is 9.84 Å². The van der Waals surface area contributed by atoms with Crippen LogP contribution in [0, 0.1) is 0 Å². The molecular formula is C8H15NO2S. The Morgan fingerprint density at radius 3 is 2.92 bits per heavy atom. The van der Waals surface area contributed by atoms with Crippen LogP contribution in [-0.4, -0.2) is 31.5 Å². The number of aliphatic hydroxyl groups is 1. The van der Waals surface area contributed by atoms with E-state index in [1.807, 2.05) is 0 Å². The lowest BCUT2D eigenvalue weighted by Crippen LogP contribution is -2.13. The lowest BCUT2D eigenvalue weighted by molar-refractivity contribution is 0.0964. The Labute approximate surface area is 77.6 Å². The van der Waals surface area contributed by atoms with Gasteiger partial charge in [-0.05, 0) is 11.9 Å². The summed E-state index contributed by atoms with van der Waals surface area (Å²) in [5.41, 5.74) is 0. The first kappa shape index (κ1) is 11.7. The highest BCUT2D eigenvalue weighted by Crippen LogP contribution is 2.07. The summed E-state index contributed by atoms with van der Waals surface area (Å²) < 4.78 is 8.05. The van der Waals surface area contributed by atoms with E-state index in [0.717, 1.165) is 11.4 Å². The number of nitrogens with one attached hydrogen (secondary N) is 1. The van der Waals surface area contributed by atoms with Crippen LogP contribution in [0.25, 0.3) is 0 Å². The fraction of sp³-hybridized carbons (Fsp3) is 0.500. The summed E-state index contributed by atoms with van der Waals surface area (Å²) >= 11 is 1.43. The van der Waals surface area contributed by atoms with Gasteiger partial charge in [-0.2, -0.15) is 0 Å². The van der Waals surface area contributed by atoms with Crippen molar-refractivity contribution in [3.63, 3.8) is 0 Å². The summed E-state index contributed by atoms with van der Waals surface area (Å²) in [5, 5.41) is 8.37. The van der Waals surface area contributed by atoms with Gasteiger partial charge in [0.15, 0.2) is 0 Å². The van der Waals surface area contributed by atoms with Crippen molar-refractivity contribution in [1.82, 2.24) is 4.72 Å². The van der Waals surface area contributed by atoms with E-state index in [4.69, 9.17) is 9.84 Å². The Hall–Kier alpha value is -0.290. The first-order chi connectivity index (χ1) is 5.81. The van der Waals surface area contributed by atoms with Crippen LogP contribution in [-0.2, 0) is 4.74 Å².